The predicted octanol–water partition coefficient (Wildman–Crippen LogP) is 5.13. The van der Waals surface area contributed by atoms with Crippen LogP contribution in [0.5, 0.6) is 11.5 Å². The van der Waals surface area contributed by atoms with Crippen molar-refractivity contribution in [3.05, 3.63) is 57.2 Å². The molecule has 0 saturated heterocycles. The van der Waals surface area contributed by atoms with Gasteiger partial charge < -0.3 is 4.74 Å². The molecule has 0 fully saturated rings. The number of hydrogen-bond donors (Lipinski definition) is 0. The fourth-order valence-corrected chi connectivity index (χ4v) is 2.18. The lowest BCUT2D eigenvalue weighted by Gasteiger charge is -2.10. The Morgan fingerprint density at radius 2 is 2.00 bits per heavy atom. The summed E-state index contributed by atoms with van der Waals surface area (Å²) in [6.45, 7) is 2.03. The fraction of sp³-hybridized carbons (Fsp3) is 0.143. The average molecular weight is 359 g/mol. The number of rotatable bonds is 3. The van der Waals surface area contributed by atoms with Gasteiger partial charge in [0.15, 0.2) is 0 Å². The summed E-state index contributed by atoms with van der Waals surface area (Å²) in [6.07, 6.45) is 0. The van der Waals surface area contributed by atoms with Gasteiger partial charge in [-0.1, -0.05) is 18.2 Å². The Hall–Kier alpha value is -0.740. The van der Waals surface area contributed by atoms with E-state index in [0.717, 1.165) is 26.2 Å². The van der Waals surface area contributed by atoms with Crippen molar-refractivity contribution in [1.29, 1.82) is 0 Å². The molecule has 0 aliphatic heterocycles. The molecule has 2 rings (SSSR count). The predicted molar refractivity (Wildman–Crippen MR) is 80.0 cm³/mol. The summed E-state index contributed by atoms with van der Waals surface area (Å²) in [7, 11) is 0. The molecular formula is C14H12ClIO. The van der Waals surface area contributed by atoms with Gasteiger partial charge in [0.25, 0.3) is 0 Å². The highest BCUT2D eigenvalue weighted by atomic mass is 127. The van der Waals surface area contributed by atoms with Crippen LogP contribution in [0.4, 0.5) is 0 Å². The molecule has 0 aromatic heterocycles. The summed E-state index contributed by atoms with van der Waals surface area (Å²) < 4.78 is 7.03. The smallest absolute Gasteiger partial charge is 0.130 e. The van der Waals surface area contributed by atoms with E-state index in [1.54, 1.807) is 0 Å². The van der Waals surface area contributed by atoms with Gasteiger partial charge in [-0.25, -0.2) is 0 Å². The highest BCUT2D eigenvalue weighted by molar-refractivity contribution is 14.1. The second-order valence-electron chi connectivity index (χ2n) is 3.79. The first-order valence-corrected chi connectivity index (χ1v) is 6.89. The maximum Gasteiger partial charge on any atom is 0.130 e. The van der Waals surface area contributed by atoms with Crippen LogP contribution in [0.15, 0.2) is 42.5 Å². The van der Waals surface area contributed by atoms with E-state index in [0.29, 0.717) is 5.88 Å². The number of alkyl halides is 1. The van der Waals surface area contributed by atoms with E-state index in [9.17, 15) is 0 Å². The second kappa shape index (κ2) is 5.74. The first-order valence-electron chi connectivity index (χ1n) is 5.28. The van der Waals surface area contributed by atoms with Crippen molar-refractivity contribution in [2.45, 2.75) is 12.8 Å². The minimum Gasteiger partial charge on any atom is -0.457 e. The van der Waals surface area contributed by atoms with E-state index in [1.165, 1.54) is 0 Å². The highest BCUT2D eigenvalue weighted by Gasteiger charge is 2.03. The van der Waals surface area contributed by atoms with E-state index >= 15 is 0 Å². The summed E-state index contributed by atoms with van der Waals surface area (Å²) in [5.41, 5.74) is 2.18. The van der Waals surface area contributed by atoms with Crippen molar-refractivity contribution in [3.8, 4) is 11.5 Å². The van der Waals surface area contributed by atoms with Crippen LogP contribution in [-0.2, 0) is 5.88 Å². The van der Waals surface area contributed by atoms with Crippen molar-refractivity contribution in [1.82, 2.24) is 0 Å². The molecule has 1 nitrogen and oxygen atoms in total. The first kappa shape index (κ1) is 12.7. The number of halogens is 2. The minimum atomic E-state index is 0.503. The van der Waals surface area contributed by atoms with E-state index in [4.69, 9.17) is 16.3 Å². The zero-order valence-electron chi connectivity index (χ0n) is 9.41. The molecule has 2 aromatic rings. The molecule has 0 amide bonds. The molecule has 0 aliphatic rings. The third kappa shape index (κ3) is 3.36. The lowest BCUT2D eigenvalue weighted by molar-refractivity contribution is 0.478. The molecule has 0 bridgehead atoms. The fourth-order valence-electron chi connectivity index (χ4n) is 1.50. The maximum absolute atomic E-state index is 5.87. The summed E-state index contributed by atoms with van der Waals surface area (Å²) in [4.78, 5) is 0. The number of aryl methyl sites for hydroxylation is 1. The average Bonchev–Trinajstić information content (AvgIpc) is 2.32. The van der Waals surface area contributed by atoms with E-state index in [1.807, 2.05) is 49.4 Å². The standard InChI is InChI=1S/C14H12ClIO/c1-10-5-6-11(9-15)7-14(10)17-13-4-2-3-12(16)8-13/h2-8H,9H2,1H3. The molecule has 0 heterocycles. The van der Waals surface area contributed by atoms with Gasteiger partial charge in [-0.2, -0.15) is 0 Å². The molecule has 0 radical (unpaired) electrons. The number of benzene rings is 2. The monoisotopic (exact) mass is 358 g/mol. The second-order valence-corrected chi connectivity index (χ2v) is 5.31. The van der Waals surface area contributed by atoms with Crippen molar-refractivity contribution >= 4 is 34.2 Å². The SMILES string of the molecule is Cc1ccc(CCl)cc1Oc1cccc(I)c1. The molecule has 0 aliphatic carbocycles. The van der Waals surface area contributed by atoms with Crippen molar-refractivity contribution < 1.29 is 4.74 Å². The maximum atomic E-state index is 5.87. The molecule has 2 aromatic carbocycles. The lowest BCUT2D eigenvalue weighted by Crippen LogP contribution is -1.89. The Labute approximate surface area is 120 Å². The van der Waals surface area contributed by atoms with Crippen LogP contribution in [-0.4, -0.2) is 0 Å². The molecule has 3 heteroatoms. The van der Waals surface area contributed by atoms with E-state index in [-0.39, 0.29) is 0 Å². The Bertz CT molecular complexity index is 525. The van der Waals surface area contributed by atoms with Crippen molar-refractivity contribution in [2.75, 3.05) is 0 Å². The van der Waals surface area contributed by atoms with Crippen molar-refractivity contribution in [3.63, 3.8) is 0 Å². The van der Waals surface area contributed by atoms with Crippen LogP contribution >= 0.6 is 34.2 Å². The summed E-state index contributed by atoms with van der Waals surface area (Å²) in [6, 6.07) is 14.0. The van der Waals surface area contributed by atoms with Gasteiger partial charge in [0.05, 0.1) is 0 Å². The van der Waals surface area contributed by atoms with Crippen LogP contribution in [0.1, 0.15) is 11.1 Å². The first-order chi connectivity index (χ1) is 8.19. The zero-order valence-corrected chi connectivity index (χ0v) is 12.3. The summed E-state index contributed by atoms with van der Waals surface area (Å²) >= 11 is 8.09. The van der Waals surface area contributed by atoms with E-state index in [2.05, 4.69) is 22.6 Å². The Kier molecular flexibility index (Phi) is 4.29. The van der Waals surface area contributed by atoms with Gasteiger partial charge in [0.1, 0.15) is 11.5 Å². The van der Waals surface area contributed by atoms with Crippen LogP contribution in [0.25, 0.3) is 0 Å². The molecule has 88 valence electrons. The third-order valence-electron chi connectivity index (χ3n) is 2.43. The Balaban J connectivity index is 2.29. The topological polar surface area (TPSA) is 9.23 Å². The minimum absolute atomic E-state index is 0.503. The van der Waals surface area contributed by atoms with Gasteiger partial charge in [-0.15, -0.1) is 11.6 Å². The Morgan fingerprint density at radius 3 is 2.71 bits per heavy atom. The zero-order chi connectivity index (χ0) is 12.3. The van der Waals surface area contributed by atoms with E-state index < -0.39 is 0 Å². The van der Waals surface area contributed by atoms with Crippen molar-refractivity contribution in [2.24, 2.45) is 0 Å². The van der Waals surface area contributed by atoms with Crippen LogP contribution in [0.2, 0.25) is 0 Å². The summed E-state index contributed by atoms with van der Waals surface area (Å²) in [5.74, 6) is 2.22. The lowest BCUT2D eigenvalue weighted by atomic mass is 10.1. The molecule has 0 saturated carbocycles. The third-order valence-corrected chi connectivity index (χ3v) is 3.41. The van der Waals surface area contributed by atoms with Crippen LogP contribution < -0.4 is 4.74 Å². The van der Waals surface area contributed by atoms with Gasteiger partial charge in [0, 0.05) is 9.45 Å². The Morgan fingerprint density at radius 1 is 1.18 bits per heavy atom. The number of hydrogen-bond acceptors (Lipinski definition) is 1. The van der Waals surface area contributed by atoms with Gasteiger partial charge in [-0.3, -0.25) is 0 Å². The molecule has 0 atom stereocenters. The highest BCUT2D eigenvalue weighted by Crippen LogP contribution is 2.27. The number of ether oxygens (including phenoxy) is 1. The normalized spacial score (nSPS) is 10.3. The van der Waals surface area contributed by atoms with Gasteiger partial charge >= 0.3 is 0 Å². The molecule has 0 spiro atoms. The molecule has 0 unspecified atom stereocenters. The van der Waals surface area contributed by atoms with Crippen LogP contribution in [0.3, 0.4) is 0 Å². The van der Waals surface area contributed by atoms with Gasteiger partial charge in [-0.05, 0) is 64.9 Å². The quantitative estimate of drug-likeness (QED) is 0.546. The van der Waals surface area contributed by atoms with Gasteiger partial charge in [0.2, 0.25) is 0 Å². The summed E-state index contributed by atoms with van der Waals surface area (Å²) in [5, 5.41) is 0. The molecule has 17 heavy (non-hydrogen) atoms. The molecule has 0 N–H and O–H groups in total. The largest absolute Gasteiger partial charge is 0.457 e. The molecular weight excluding hydrogens is 347 g/mol. The van der Waals surface area contributed by atoms with Crippen LogP contribution in [0, 0.1) is 10.5 Å².